The van der Waals surface area contributed by atoms with Crippen molar-refractivity contribution in [3.63, 3.8) is 0 Å². The average molecular weight is 192 g/mol. The third-order valence-corrected chi connectivity index (χ3v) is 2.15. The minimum absolute atomic E-state index is 0.0639. The maximum Gasteiger partial charge on any atom is 0.145 e. The topological polar surface area (TPSA) is 49.8 Å². The minimum Gasteiger partial charge on any atom is -0.324 e. The van der Waals surface area contributed by atoms with Crippen LogP contribution >= 0.6 is 0 Å². The molecule has 0 spiro atoms. The SMILES string of the molecule is CCCC(N)c1cccc(C#N)c1F. The molecule has 74 valence electrons. The molecule has 0 amide bonds. The van der Waals surface area contributed by atoms with Crippen LogP contribution in [0.4, 0.5) is 4.39 Å². The number of benzene rings is 1. The maximum atomic E-state index is 13.5. The third kappa shape index (κ3) is 2.09. The van der Waals surface area contributed by atoms with E-state index in [1.54, 1.807) is 18.2 Å². The van der Waals surface area contributed by atoms with Crippen LogP contribution in [0.25, 0.3) is 0 Å². The fourth-order valence-corrected chi connectivity index (χ4v) is 1.39. The Hall–Kier alpha value is -1.40. The van der Waals surface area contributed by atoms with E-state index in [1.165, 1.54) is 6.07 Å². The number of halogens is 1. The van der Waals surface area contributed by atoms with Crippen molar-refractivity contribution >= 4 is 0 Å². The summed E-state index contributed by atoms with van der Waals surface area (Å²) in [5.74, 6) is -0.476. The second-order valence-electron chi connectivity index (χ2n) is 3.22. The molecule has 1 unspecified atom stereocenters. The van der Waals surface area contributed by atoms with Crippen molar-refractivity contribution in [2.24, 2.45) is 5.73 Å². The lowest BCUT2D eigenvalue weighted by Gasteiger charge is -2.11. The van der Waals surface area contributed by atoms with E-state index in [0.717, 1.165) is 12.8 Å². The van der Waals surface area contributed by atoms with E-state index in [-0.39, 0.29) is 11.6 Å². The van der Waals surface area contributed by atoms with Crippen LogP contribution in [0, 0.1) is 17.1 Å². The van der Waals surface area contributed by atoms with E-state index in [2.05, 4.69) is 0 Å². The van der Waals surface area contributed by atoms with Crippen LogP contribution in [0.3, 0.4) is 0 Å². The molecule has 0 aromatic heterocycles. The molecule has 1 rings (SSSR count). The zero-order valence-electron chi connectivity index (χ0n) is 8.13. The Morgan fingerprint density at radius 3 is 2.86 bits per heavy atom. The number of hydrogen-bond donors (Lipinski definition) is 1. The number of nitrogens with two attached hydrogens (primary N) is 1. The Kier molecular flexibility index (Phi) is 3.61. The first-order valence-corrected chi connectivity index (χ1v) is 4.64. The van der Waals surface area contributed by atoms with Gasteiger partial charge in [-0.05, 0) is 12.5 Å². The van der Waals surface area contributed by atoms with Crippen molar-refractivity contribution in [3.05, 3.63) is 35.1 Å². The summed E-state index contributed by atoms with van der Waals surface area (Å²) in [6.45, 7) is 1.99. The molecule has 0 fully saturated rings. The average Bonchev–Trinajstić information content (AvgIpc) is 2.18. The van der Waals surface area contributed by atoms with E-state index >= 15 is 0 Å². The summed E-state index contributed by atoms with van der Waals surface area (Å²) in [5, 5.41) is 8.62. The van der Waals surface area contributed by atoms with Gasteiger partial charge in [0.15, 0.2) is 0 Å². The lowest BCUT2D eigenvalue weighted by molar-refractivity contribution is 0.557. The molecular weight excluding hydrogens is 179 g/mol. The van der Waals surface area contributed by atoms with E-state index in [4.69, 9.17) is 11.0 Å². The van der Waals surface area contributed by atoms with Crippen LogP contribution < -0.4 is 5.73 Å². The highest BCUT2D eigenvalue weighted by atomic mass is 19.1. The predicted molar refractivity (Wildman–Crippen MR) is 53.0 cm³/mol. The summed E-state index contributed by atoms with van der Waals surface area (Å²) in [7, 11) is 0. The first kappa shape index (κ1) is 10.7. The Morgan fingerprint density at radius 1 is 1.57 bits per heavy atom. The highest BCUT2D eigenvalue weighted by molar-refractivity contribution is 5.36. The van der Waals surface area contributed by atoms with Crippen molar-refractivity contribution in [3.8, 4) is 6.07 Å². The zero-order chi connectivity index (χ0) is 10.6. The summed E-state index contributed by atoms with van der Waals surface area (Å²) in [6, 6.07) is 6.24. The lowest BCUT2D eigenvalue weighted by Crippen LogP contribution is -2.12. The van der Waals surface area contributed by atoms with Crippen molar-refractivity contribution < 1.29 is 4.39 Å². The molecule has 0 aliphatic carbocycles. The number of nitriles is 1. The first-order valence-electron chi connectivity index (χ1n) is 4.64. The molecule has 0 saturated carbocycles. The van der Waals surface area contributed by atoms with E-state index in [9.17, 15) is 4.39 Å². The van der Waals surface area contributed by atoms with Crippen LogP contribution in [-0.4, -0.2) is 0 Å². The van der Waals surface area contributed by atoms with Gasteiger partial charge in [-0.2, -0.15) is 5.26 Å². The highest BCUT2D eigenvalue weighted by Crippen LogP contribution is 2.21. The van der Waals surface area contributed by atoms with E-state index < -0.39 is 5.82 Å². The molecule has 0 heterocycles. The monoisotopic (exact) mass is 192 g/mol. The summed E-state index contributed by atoms with van der Waals surface area (Å²) in [6.07, 6.45) is 1.63. The Morgan fingerprint density at radius 2 is 2.29 bits per heavy atom. The molecule has 0 saturated heterocycles. The van der Waals surface area contributed by atoms with Gasteiger partial charge in [0.05, 0.1) is 5.56 Å². The zero-order valence-corrected chi connectivity index (χ0v) is 8.13. The smallest absolute Gasteiger partial charge is 0.145 e. The Labute approximate surface area is 83.2 Å². The van der Waals surface area contributed by atoms with Gasteiger partial charge in [0, 0.05) is 11.6 Å². The molecular formula is C11H13FN2. The maximum absolute atomic E-state index is 13.5. The molecule has 0 aliphatic rings. The van der Waals surface area contributed by atoms with Crippen LogP contribution in [0.1, 0.15) is 36.9 Å². The second kappa shape index (κ2) is 4.73. The molecule has 1 aromatic rings. The van der Waals surface area contributed by atoms with Crippen molar-refractivity contribution in [2.45, 2.75) is 25.8 Å². The molecule has 2 N–H and O–H groups in total. The van der Waals surface area contributed by atoms with Crippen molar-refractivity contribution in [1.29, 1.82) is 5.26 Å². The molecule has 0 aliphatic heterocycles. The number of hydrogen-bond acceptors (Lipinski definition) is 2. The van der Waals surface area contributed by atoms with Crippen LogP contribution in [0.5, 0.6) is 0 Å². The molecule has 0 bridgehead atoms. The van der Waals surface area contributed by atoms with E-state index in [1.807, 2.05) is 6.92 Å². The molecule has 14 heavy (non-hydrogen) atoms. The summed E-state index contributed by atoms with van der Waals surface area (Å²) >= 11 is 0. The Balaban J connectivity index is 3.04. The molecule has 2 nitrogen and oxygen atoms in total. The van der Waals surface area contributed by atoms with Crippen LogP contribution in [-0.2, 0) is 0 Å². The van der Waals surface area contributed by atoms with Gasteiger partial charge >= 0.3 is 0 Å². The molecule has 1 atom stereocenters. The minimum atomic E-state index is -0.476. The largest absolute Gasteiger partial charge is 0.324 e. The van der Waals surface area contributed by atoms with Gasteiger partial charge in [0.2, 0.25) is 0 Å². The molecule has 1 aromatic carbocycles. The quantitative estimate of drug-likeness (QED) is 0.799. The molecule has 0 radical (unpaired) electrons. The van der Waals surface area contributed by atoms with Crippen molar-refractivity contribution in [1.82, 2.24) is 0 Å². The normalized spacial score (nSPS) is 12.1. The van der Waals surface area contributed by atoms with Gasteiger partial charge in [-0.3, -0.25) is 0 Å². The summed E-state index contributed by atoms with van der Waals surface area (Å²) < 4.78 is 13.5. The van der Waals surface area contributed by atoms with Gasteiger partial charge in [0.1, 0.15) is 11.9 Å². The number of rotatable bonds is 3. The summed E-state index contributed by atoms with van der Waals surface area (Å²) in [5.41, 5.74) is 6.28. The van der Waals surface area contributed by atoms with Gasteiger partial charge in [-0.25, -0.2) is 4.39 Å². The Bertz CT molecular complexity index is 355. The second-order valence-corrected chi connectivity index (χ2v) is 3.22. The third-order valence-electron chi connectivity index (χ3n) is 2.15. The van der Waals surface area contributed by atoms with Gasteiger partial charge in [-0.15, -0.1) is 0 Å². The highest BCUT2D eigenvalue weighted by Gasteiger charge is 2.13. The van der Waals surface area contributed by atoms with Crippen molar-refractivity contribution in [2.75, 3.05) is 0 Å². The first-order chi connectivity index (χ1) is 6.70. The number of nitrogens with zero attached hydrogens (tertiary/aromatic N) is 1. The summed E-state index contributed by atoms with van der Waals surface area (Å²) in [4.78, 5) is 0. The predicted octanol–water partition coefficient (Wildman–Crippen LogP) is 2.50. The van der Waals surface area contributed by atoms with Gasteiger partial charge < -0.3 is 5.73 Å². The van der Waals surface area contributed by atoms with Crippen LogP contribution in [0.2, 0.25) is 0 Å². The van der Waals surface area contributed by atoms with Gasteiger partial charge in [0.25, 0.3) is 0 Å². The molecule has 3 heteroatoms. The van der Waals surface area contributed by atoms with Crippen LogP contribution in [0.15, 0.2) is 18.2 Å². The standard InChI is InChI=1S/C11H13FN2/c1-2-4-10(14)9-6-3-5-8(7-13)11(9)12/h3,5-6,10H,2,4,14H2,1H3. The van der Waals surface area contributed by atoms with E-state index in [0.29, 0.717) is 5.56 Å². The lowest BCUT2D eigenvalue weighted by atomic mass is 10.0. The van der Waals surface area contributed by atoms with Gasteiger partial charge in [-0.1, -0.05) is 25.5 Å². The fourth-order valence-electron chi connectivity index (χ4n) is 1.39. The fraction of sp³-hybridized carbons (Fsp3) is 0.364.